The van der Waals surface area contributed by atoms with Crippen LogP contribution in [0.5, 0.6) is 5.75 Å². The lowest BCUT2D eigenvalue weighted by molar-refractivity contribution is -0.123. The van der Waals surface area contributed by atoms with E-state index < -0.39 is 57.4 Å². The molecule has 0 bridgehead atoms. The topological polar surface area (TPSA) is 72.5 Å². The van der Waals surface area contributed by atoms with Gasteiger partial charge in [-0.1, -0.05) is 0 Å². The summed E-state index contributed by atoms with van der Waals surface area (Å²) < 4.78 is 79.3. The highest BCUT2D eigenvalue weighted by molar-refractivity contribution is 7.91. The van der Waals surface area contributed by atoms with Crippen molar-refractivity contribution in [3.05, 3.63) is 29.3 Å². The maximum atomic E-state index is 13.3. The number of carbonyl (C=O) groups is 1. The summed E-state index contributed by atoms with van der Waals surface area (Å²) in [7, 11) is -3.21. The third-order valence-electron chi connectivity index (χ3n) is 3.02. The van der Waals surface area contributed by atoms with Crippen molar-refractivity contribution >= 4 is 15.7 Å². The van der Waals surface area contributed by atoms with Crippen molar-refractivity contribution in [1.29, 1.82) is 0 Å². The highest BCUT2D eigenvalue weighted by atomic mass is 32.2. The first kappa shape index (κ1) is 16.5. The van der Waals surface area contributed by atoms with E-state index in [9.17, 15) is 30.8 Å². The lowest BCUT2D eigenvalue weighted by atomic mass is 10.2. The van der Waals surface area contributed by atoms with Crippen LogP contribution < -0.4 is 10.1 Å². The molecule has 1 aliphatic rings. The number of hydrogen-bond acceptors (Lipinski definition) is 4. The van der Waals surface area contributed by atoms with E-state index >= 15 is 0 Å². The number of nitrogens with one attached hydrogen (secondary N) is 1. The van der Waals surface area contributed by atoms with Gasteiger partial charge in [0.1, 0.15) is 0 Å². The van der Waals surface area contributed by atoms with Crippen molar-refractivity contribution in [2.24, 2.45) is 0 Å². The van der Waals surface area contributed by atoms with Crippen molar-refractivity contribution in [2.75, 3.05) is 18.1 Å². The van der Waals surface area contributed by atoms with Crippen molar-refractivity contribution in [3.63, 3.8) is 0 Å². The molecule has 1 heterocycles. The molecule has 22 heavy (non-hydrogen) atoms. The Labute approximate surface area is 123 Å². The van der Waals surface area contributed by atoms with Gasteiger partial charge in [-0.15, -0.1) is 0 Å². The highest BCUT2D eigenvalue weighted by Gasteiger charge is 2.29. The standard InChI is InChI=1S/C12H11F4NO4S/c13-7-3-8(14)11(16)12(10(7)15)21-4-9(18)17-6-1-2-22(19,20)5-6/h3,6H,1-2,4-5H2,(H,17,18). The molecule has 0 spiro atoms. The Bertz CT molecular complexity index is 681. The highest BCUT2D eigenvalue weighted by Crippen LogP contribution is 2.26. The van der Waals surface area contributed by atoms with Gasteiger partial charge in [-0.3, -0.25) is 4.79 Å². The molecule has 0 radical (unpaired) electrons. The average Bonchev–Trinajstić information content (AvgIpc) is 2.75. The normalized spacial score (nSPS) is 19.9. The molecule has 1 amide bonds. The average molecular weight is 341 g/mol. The summed E-state index contributed by atoms with van der Waals surface area (Å²) in [6.07, 6.45) is 0.214. The Morgan fingerprint density at radius 1 is 1.23 bits per heavy atom. The Morgan fingerprint density at radius 2 is 1.82 bits per heavy atom. The van der Waals surface area contributed by atoms with Crippen LogP contribution in [0.15, 0.2) is 6.07 Å². The molecule has 122 valence electrons. The minimum Gasteiger partial charge on any atom is -0.477 e. The van der Waals surface area contributed by atoms with Gasteiger partial charge in [0.05, 0.1) is 11.5 Å². The molecule has 1 atom stereocenters. The molecule has 0 saturated carbocycles. The molecule has 1 saturated heterocycles. The van der Waals surface area contributed by atoms with E-state index in [1.165, 1.54) is 0 Å². The minimum atomic E-state index is -3.21. The van der Waals surface area contributed by atoms with Gasteiger partial charge in [0.15, 0.2) is 33.8 Å². The molecule has 2 rings (SSSR count). The summed E-state index contributed by atoms with van der Waals surface area (Å²) in [4.78, 5) is 11.5. The maximum Gasteiger partial charge on any atom is 0.258 e. The number of benzene rings is 1. The molecule has 0 aliphatic carbocycles. The first-order valence-corrected chi connectivity index (χ1v) is 7.97. The van der Waals surface area contributed by atoms with Crippen LogP contribution in [-0.4, -0.2) is 38.5 Å². The first-order valence-electron chi connectivity index (χ1n) is 6.15. The van der Waals surface area contributed by atoms with Gasteiger partial charge in [0.2, 0.25) is 11.6 Å². The lowest BCUT2D eigenvalue weighted by Crippen LogP contribution is -2.38. The molecule has 1 fully saturated rings. The SMILES string of the molecule is O=C(COc1c(F)c(F)cc(F)c1F)NC1CCS(=O)(=O)C1. The molecule has 10 heteroatoms. The molecule has 1 aromatic carbocycles. The third-order valence-corrected chi connectivity index (χ3v) is 4.78. The Morgan fingerprint density at radius 3 is 2.32 bits per heavy atom. The summed E-state index contributed by atoms with van der Waals surface area (Å²) in [6, 6.07) is -0.610. The Hall–Kier alpha value is -1.84. The predicted octanol–water partition coefficient (Wildman–Crippen LogP) is 0.925. The molecular weight excluding hydrogens is 330 g/mol. The van der Waals surface area contributed by atoms with Crippen LogP contribution in [0.2, 0.25) is 0 Å². The van der Waals surface area contributed by atoms with Crippen LogP contribution in [0, 0.1) is 23.3 Å². The number of halogens is 4. The van der Waals surface area contributed by atoms with Gasteiger partial charge < -0.3 is 10.1 Å². The first-order chi connectivity index (χ1) is 10.2. The van der Waals surface area contributed by atoms with Gasteiger partial charge in [-0.25, -0.2) is 17.2 Å². The third kappa shape index (κ3) is 3.67. The van der Waals surface area contributed by atoms with Crippen molar-refractivity contribution < 1.29 is 35.5 Å². The molecule has 5 nitrogen and oxygen atoms in total. The van der Waals surface area contributed by atoms with E-state index in [0.29, 0.717) is 0 Å². The predicted molar refractivity (Wildman–Crippen MR) is 67.0 cm³/mol. The number of rotatable bonds is 4. The molecule has 1 unspecified atom stereocenters. The second-order valence-electron chi connectivity index (χ2n) is 4.75. The second kappa shape index (κ2) is 6.11. The summed E-state index contributed by atoms with van der Waals surface area (Å²) in [5, 5.41) is 2.30. The van der Waals surface area contributed by atoms with E-state index in [-0.39, 0.29) is 24.0 Å². The van der Waals surface area contributed by atoms with Gasteiger partial charge in [0, 0.05) is 12.1 Å². The van der Waals surface area contributed by atoms with Gasteiger partial charge in [0.25, 0.3) is 5.91 Å². The zero-order chi connectivity index (χ0) is 16.5. The van der Waals surface area contributed by atoms with E-state index in [1.54, 1.807) is 0 Å². The molecule has 1 aromatic rings. The summed E-state index contributed by atoms with van der Waals surface area (Å²) >= 11 is 0. The van der Waals surface area contributed by atoms with E-state index in [4.69, 9.17) is 0 Å². The van der Waals surface area contributed by atoms with Crippen LogP contribution >= 0.6 is 0 Å². The maximum absolute atomic E-state index is 13.3. The summed E-state index contributed by atoms with van der Waals surface area (Å²) in [5.41, 5.74) is 0. The van der Waals surface area contributed by atoms with Crippen molar-refractivity contribution in [1.82, 2.24) is 5.32 Å². The fourth-order valence-corrected chi connectivity index (χ4v) is 3.67. The zero-order valence-electron chi connectivity index (χ0n) is 11.0. The summed E-state index contributed by atoms with van der Waals surface area (Å²) in [5.74, 6) is -9.33. The molecule has 1 N–H and O–H groups in total. The lowest BCUT2D eigenvalue weighted by Gasteiger charge is -2.12. The Balaban J connectivity index is 1.98. The smallest absolute Gasteiger partial charge is 0.258 e. The fraction of sp³-hybridized carbons (Fsp3) is 0.417. The number of sulfone groups is 1. The van der Waals surface area contributed by atoms with Crippen LogP contribution in [0.1, 0.15) is 6.42 Å². The largest absolute Gasteiger partial charge is 0.477 e. The van der Waals surface area contributed by atoms with E-state index in [1.807, 2.05) is 0 Å². The summed E-state index contributed by atoms with van der Waals surface area (Å²) in [6.45, 7) is -0.909. The number of hydrogen-bond donors (Lipinski definition) is 1. The van der Waals surface area contributed by atoms with Crippen LogP contribution in [0.25, 0.3) is 0 Å². The van der Waals surface area contributed by atoms with Gasteiger partial charge in [-0.05, 0) is 6.42 Å². The monoisotopic (exact) mass is 341 g/mol. The zero-order valence-corrected chi connectivity index (χ0v) is 11.9. The number of carbonyl (C=O) groups excluding carboxylic acids is 1. The van der Waals surface area contributed by atoms with Crippen molar-refractivity contribution in [2.45, 2.75) is 12.5 Å². The van der Waals surface area contributed by atoms with E-state index in [0.717, 1.165) is 0 Å². The second-order valence-corrected chi connectivity index (χ2v) is 6.98. The van der Waals surface area contributed by atoms with Crippen molar-refractivity contribution in [3.8, 4) is 5.75 Å². The van der Waals surface area contributed by atoms with Crippen LogP contribution in [0.4, 0.5) is 17.6 Å². The van der Waals surface area contributed by atoms with E-state index in [2.05, 4.69) is 10.1 Å². The fourth-order valence-electron chi connectivity index (χ4n) is 1.99. The van der Waals surface area contributed by atoms with Crippen LogP contribution in [0.3, 0.4) is 0 Å². The quantitative estimate of drug-likeness (QED) is 0.653. The van der Waals surface area contributed by atoms with Crippen LogP contribution in [-0.2, 0) is 14.6 Å². The minimum absolute atomic E-state index is 0.0149. The molecule has 0 aromatic heterocycles. The Kier molecular flexibility index (Phi) is 4.59. The molecule has 1 aliphatic heterocycles. The number of amides is 1. The number of ether oxygens (including phenoxy) is 1. The molecular formula is C12H11F4NO4S. The van der Waals surface area contributed by atoms with Gasteiger partial charge in [-0.2, -0.15) is 8.78 Å². The van der Waals surface area contributed by atoms with Gasteiger partial charge >= 0.3 is 0 Å².